The Bertz CT molecular complexity index is 1240. The van der Waals surface area contributed by atoms with Crippen LogP contribution in [0.1, 0.15) is 10.4 Å². The van der Waals surface area contributed by atoms with Gasteiger partial charge in [0.25, 0.3) is 0 Å². The van der Waals surface area contributed by atoms with Gasteiger partial charge in [-0.3, -0.25) is 0 Å². The maximum Gasteiger partial charge on any atom is 0.353 e. The fourth-order valence-electron chi connectivity index (χ4n) is 3.80. The van der Waals surface area contributed by atoms with Crippen molar-refractivity contribution in [3.8, 4) is 23.0 Å². The van der Waals surface area contributed by atoms with E-state index in [0.29, 0.717) is 22.1 Å². The first kappa shape index (κ1) is 24.0. The summed E-state index contributed by atoms with van der Waals surface area (Å²) in [6, 6.07) is 28.7. The number of phenols is 1. The Morgan fingerprint density at radius 1 is 0.686 bits per heavy atom. The second-order valence-electron chi connectivity index (χ2n) is 7.43. The van der Waals surface area contributed by atoms with Crippen LogP contribution in [0.3, 0.4) is 0 Å². The van der Waals surface area contributed by atoms with Crippen molar-refractivity contribution >= 4 is 16.3 Å². The fourth-order valence-corrected chi connectivity index (χ4v) is 7.06. The normalized spacial score (nSPS) is 11.4. The number of ether oxygens (including phenoxy) is 3. The molecular weight excluding hydrogens is 464 g/mol. The number of rotatable bonds is 8. The molecule has 0 unspecified atom stereocenters. The van der Waals surface area contributed by atoms with Crippen LogP contribution in [0.15, 0.2) is 112 Å². The highest BCUT2D eigenvalue weighted by Crippen LogP contribution is 2.73. The zero-order chi connectivity index (χ0) is 24.8. The molecule has 0 saturated heterocycles. The number of aromatic hydroxyl groups is 1. The highest BCUT2D eigenvalue weighted by atomic mass is 32.3. The summed E-state index contributed by atoms with van der Waals surface area (Å²) in [4.78, 5) is 15.7. The molecule has 6 nitrogen and oxygen atoms in total. The minimum Gasteiger partial charge on any atom is -0.507 e. The van der Waals surface area contributed by atoms with E-state index >= 15 is 0 Å². The largest absolute Gasteiger partial charge is 0.507 e. The van der Waals surface area contributed by atoms with Gasteiger partial charge in [0.15, 0.2) is 0 Å². The highest BCUT2D eigenvalue weighted by Gasteiger charge is 2.41. The summed E-state index contributed by atoms with van der Waals surface area (Å²) in [5, 5.41) is 10.4. The van der Waals surface area contributed by atoms with Crippen LogP contribution in [-0.2, 0) is 4.18 Å². The molecule has 0 heterocycles. The van der Waals surface area contributed by atoms with Gasteiger partial charge in [0, 0.05) is 32.2 Å². The Balaban J connectivity index is 2.10. The minimum absolute atomic E-state index is 0.0580. The molecule has 0 bridgehead atoms. The quantitative estimate of drug-likeness (QED) is 0.305. The third-order valence-electron chi connectivity index (χ3n) is 5.43. The molecule has 0 amide bonds. The molecule has 180 valence electrons. The monoisotopic (exact) mass is 490 g/mol. The lowest BCUT2D eigenvalue weighted by Crippen LogP contribution is -2.15. The average Bonchev–Trinajstić information content (AvgIpc) is 2.92. The molecule has 0 aliphatic rings. The molecule has 0 aliphatic carbocycles. The molecule has 7 heteroatoms. The van der Waals surface area contributed by atoms with Crippen molar-refractivity contribution in [3.63, 3.8) is 0 Å². The third kappa shape index (κ3) is 4.50. The number of benzene rings is 4. The first-order valence-electron chi connectivity index (χ1n) is 10.8. The van der Waals surface area contributed by atoms with E-state index < -0.39 is 16.3 Å². The van der Waals surface area contributed by atoms with Gasteiger partial charge in [-0.2, -0.15) is 0 Å². The van der Waals surface area contributed by atoms with E-state index in [-0.39, 0.29) is 11.3 Å². The summed E-state index contributed by atoms with van der Waals surface area (Å²) in [6.07, 6.45) is 0. The van der Waals surface area contributed by atoms with Crippen LogP contribution in [0.2, 0.25) is 0 Å². The van der Waals surface area contributed by atoms with Crippen LogP contribution in [0.4, 0.5) is 0 Å². The number of carbonyl (C=O) groups excluding carboxylic acids is 1. The second-order valence-corrected chi connectivity index (χ2v) is 10.1. The SMILES string of the molecule is COc1cc(OC)c(S(OC(=O)c2ccccc2O)(c2ccccc2)c2ccccc2)c(OC)c1. The molecule has 1 N–H and O–H groups in total. The molecule has 4 aromatic carbocycles. The van der Waals surface area contributed by atoms with Crippen molar-refractivity contribution in [3.05, 3.63) is 103 Å². The Labute approximate surface area is 206 Å². The third-order valence-corrected chi connectivity index (χ3v) is 8.68. The van der Waals surface area contributed by atoms with Crippen LogP contribution in [-0.4, -0.2) is 32.4 Å². The molecule has 0 spiro atoms. The predicted molar refractivity (Wildman–Crippen MR) is 135 cm³/mol. The molecule has 0 atom stereocenters. The van der Waals surface area contributed by atoms with Gasteiger partial charge in [-0.25, -0.2) is 4.79 Å². The van der Waals surface area contributed by atoms with Gasteiger partial charge in [0.1, 0.15) is 33.5 Å². The van der Waals surface area contributed by atoms with Gasteiger partial charge >= 0.3 is 5.97 Å². The summed E-state index contributed by atoms with van der Waals surface area (Å²) in [5.41, 5.74) is 0.0580. The molecule has 4 rings (SSSR count). The van der Waals surface area contributed by atoms with E-state index in [1.54, 1.807) is 45.6 Å². The minimum atomic E-state index is -2.77. The van der Waals surface area contributed by atoms with Gasteiger partial charge in [0.2, 0.25) is 0 Å². The number of para-hydroxylation sites is 1. The Hall–Kier alpha value is -4.10. The van der Waals surface area contributed by atoms with E-state index in [9.17, 15) is 9.90 Å². The van der Waals surface area contributed by atoms with Gasteiger partial charge in [0.05, 0.1) is 21.3 Å². The molecule has 0 fully saturated rings. The van der Waals surface area contributed by atoms with Crippen LogP contribution in [0, 0.1) is 0 Å². The van der Waals surface area contributed by atoms with Crippen LogP contribution in [0.5, 0.6) is 23.0 Å². The fraction of sp³-hybridized carbons (Fsp3) is 0.107. The summed E-state index contributed by atoms with van der Waals surface area (Å²) < 4.78 is 23.6. The Morgan fingerprint density at radius 3 is 1.63 bits per heavy atom. The number of hydrogen-bond acceptors (Lipinski definition) is 6. The zero-order valence-electron chi connectivity index (χ0n) is 19.6. The summed E-state index contributed by atoms with van der Waals surface area (Å²) >= 11 is 0. The molecule has 35 heavy (non-hydrogen) atoms. The average molecular weight is 491 g/mol. The van der Waals surface area contributed by atoms with Crippen LogP contribution >= 0.6 is 10.3 Å². The van der Waals surface area contributed by atoms with Crippen LogP contribution in [0.25, 0.3) is 0 Å². The van der Waals surface area contributed by atoms with E-state index in [0.717, 1.165) is 9.79 Å². The standard InChI is InChI=1S/C28H26O6S/c1-31-20-18-25(32-2)27(26(19-20)33-3)35(21-12-6-4-7-13-21,22-14-8-5-9-15-22)34-28(30)23-16-10-11-17-24(23)29/h4-19,29H,1-3H3. The van der Waals surface area contributed by atoms with Crippen molar-refractivity contribution in [2.24, 2.45) is 0 Å². The van der Waals surface area contributed by atoms with Crippen LogP contribution < -0.4 is 14.2 Å². The van der Waals surface area contributed by atoms with E-state index in [1.165, 1.54) is 12.1 Å². The molecule has 0 aliphatic heterocycles. The Morgan fingerprint density at radius 2 is 1.17 bits per heavy atom. The Kier molecular flexibility index (Phi) is 7.17. The van der Waals surface area contributed by atoms with E-state index in [4.69, 9.17) is 18.4 Å². The number of hydrogen-bond donors (Lipinski definition) is 1. The second kappa shape index (κ2) is 10.4. The summed E-state index contributed by atoms with van der Waals surface area (Å²) in [5.74, 6) is 0.568. The van der Waals surface area contributed by atoms with Gasteiger partial charge in [-0.15, -0.1) is 0 Å². The highest BCUT2D eigenvalue weighted by molar-refractivity contribution is 8.30. The van der Waals surface area contributed by atoms with Gasteiger partial charge < -0.3 is 23.5 Å². The molecular formula is C28H26O6S. The van der Waals surface area contributed by atoms with Gasteiger partial charge in [-0.05, 0) is 36.4 Å². The van der Waals surface area contributed by atoms with E-state index in [2.05, 4.69) is 0 Å². The molecule has 0 aromatic heterocycles. The number of carbonyl (C=O) groups is 1. The number of phenolic OH excluding ortho intramolecular Hbond substituents is 1. The zero-order valence-corrected chi connectivity index (χ0v) is 20.5. The summed E-state index contributed by atoms with van der Waals surface area (Å²) in [7, 11) is 1.87. The first-order valence-corrected chi connectivity index (χ1v) is 12.4. The van der Waals surface area contributed by atoms with Crippen molar-refractivity contribution in [1.29, 1.82) is 0 Å². The number of methoxy groups -OCH3 is 3. The lowest BCUT2D eigenvalue weighted by Gasteiger charge is -2.41. The first-order chi connectivity index (χ1) is 17.0. The van der Waals surface area contributed by atoms with Crippen molar-refractivity contribution < 1.29 is 28.3 Å². The molecule has 0 radical (unpaired) electrons. The maximum atomic E-state index is 13.7. The maximum absolute atomic E-state index is 13.7. The molecule has 0 saturated carbocycles. The lowest BCUT2D eigenvalue weighted by atomic mass is 10.2. The van der Waals surface area contributed by atoms with Crippen molar-refractivity contribution in [1.82, 2.24) is 0 Å². The van der Waals surface area contributed by atoms with Crippen molar-refractivity contribution in [2.45, 2.75) is 14.7 Å². The summed E-state index contributed by atoms with van der Waals surface area (Å²) in [6.45, 7) is 0. The smallest absolute Gasteiger partial charge is 0.353 e. The van der Waals surface area contributed by atoms with Crippen molar-refractivity contribution in [2.75, 3.05) is 21.3 Å². The molecule has 4 aromatic rings. The predicted octanol–water partition coefficient (Wildman–Crippen LogP) is 6.47. The van der Waals surface area contributed by atoms with Gasteiger partial charge in [-0.1, -0.05) is 48.5 Å². The lowest BCUT2D eigenvalue weighted by molar-refractivity contribution is 0.0754. The van der Waals surface area contributed by atoms with E-state index in [1.807, 2.05) is 60.7 Å². The topological polar surface area (TPSA) is 74.2 Å².